The van der Waals surface area contributed by atoms with E-state index in [4.69, 9.17) is 16.3 Å². The molecule has 1 saturated heterocycles. The molecule has 0 saturated carbocycles. The lowest BCUT2D eigenvalue weighted by molar-refractivity contribution is 0.0478. The molecule has 0 spiro atoms. The van der Waals surface area contributed by atoms with E-state index < -0.39 is 0 Å². The second kappa shape index (κ2) is 8.32. The van der Waals surface area contributed by atoms with Gasteiger partial charge < -0.3 is 9.64 Å². The van der Waals surface area contributed by atoms with Crippen LogP contribution in [0, 0.1) is 5.92 Å². The number of hydrogen-bond acceptors (Lipinski definition) is 2. The van der Waals surface area contributed by atoms with Crippen LogP contribution in [0.4, 0.5) is 0 Å². The van der Waals surface area contributed by atoms with Gasteiger partial charge in [-0.1, -0.05) is 54.1 Å². The van der Waals surface area contributed by atoms with Gasteiger partial charge in [0.1, 0.15) is 0 Å². The van der Waals surface area contributed by atoms with Gasteiger partial charge >= 0.3 is 0 Å². The van der Waals surface area contributed by atoms with Gasteiger partial charge in [0.25, 0.3) is 5.91 Å². The van der Waals surface area contributed by atoms with Crippen molar-refractivity contribution in [2.75, 3.05) is 19.7 Å². The Morgan fingerprint density at radius 1 is 1.04 bits per heavy atom. The van der Waals surface area contributed by atoms with Crippen LogP contribution in [0.2, 0.25) is 5.02 Å². The number of halogens is 1. The molecule has 0 aromatic heterocycles. The average Bonchev–Trinajstić information content (AvgIpc) is 2.63. The van der Waals surface area contributed by atoms with Gasteiger partial charge in [-0.3, -0.25) is 4.79 Å². The number of rotatable bonds is 5. The van der Waals surface area contributed by atoms with Gasteiger partial charge in [0, 0.05) is 19.7 Å². The Hall–Kier alpha value is -1.84. The largest absolute Gasteiger partial charge is 0.376 e. The lowest BCUT2D eigenvalue weighted by atomic mass is 9.97. The van der Waals surface area contributed by atoms with Gasteiger partial charge in [-0.2, -0.15) is 0 Å². The Kier molecular flexibility index (Phi) is 5.89. The van der Waals surface area contributed by atoms with Gasteiger partial charge in [-0.25, -0.2) is 0 Å². The summed E-state index contributed by atoms with van der Waals surface area (Å²) >= 11 is 6.13. The lowest BCUT2D eigenvalue weighted by Gasteiger charge is -2.32. The summed E-state index contributed by atoms with van der Waals surface area (Å²) in [5.74, 6) is 0.549. The van der Waals surface area contributed by atoms with Gasteiger partial charge in [0.05, 0.1) is 17.2 Å². The Morgan fingerprint density at radius 3 is 2.42 bits per heavy atom. The number of hydrogen-bond donors (Lipinski definition) is 0. The summed E-state index contributed by atoms with van der Waals surface area (Å²) in [6, 6.07) is 17.5. The summed E-state index contributed by atoms with van der Waals surface area (Å²) in [5.41, 5.74) is 1.79. The zero-order chi connectivity index (χ0) is 16.8. The van der Waals surface area contributed by atoms with Crippen LogP contribution in [0.25, 0.3) is 0 Å². The number of piperidine rings is 1. The van der Waals surface area contributed by atoms with Gasteiger partial charge in [-0.05, 0) is 36.5 Å². The summed E-state index contributed by atoms with van der Waals surface area (Å²) in [6.07, 6.45) is 1.95. The van der Waals surface area contributed by atoms with E-state index in [2.05, 4.69) is 12.1 Å². The first-order valence-electron chi connectivity index (χ1n) is 8.39. The molecule has 1 heterocycles. The summed E-state index contributed by atoms with van der Waals surface area (Å²) in [5, 5.41) is 0.524. The molecule has 0 aliphatic carbocycles. The van der Waals surface area contributed by atoms with Crippen molar-refractivity contribution in [2.45, 2.75) is 19.4 Å². The van der Waals surface area contributed by atoms with Crippen molar-refractivity contribution in [3.63, 3.8) is 0 Å². The smallest absolute Gasteiger partial charge is 0.255 e. The first-order valence-corrected chi connectivity index (χ1v) is 8.77. The highest BCUT2D eigenvalue weighted by atomic mass is 35.5. The minimum Gasteiger partial charge on any atom is -0.376 e. The number of ether oxygens (including phenoxy) is 1. The molecule has 2 aromatic carbocycles. The highest BCUT2D eigenvalue weighted by Gasteiger charge is 2.24. The molecule has 1 fully saturated rings. The quantitative estimate of drug-likeness (QED) is 0.804. The van der Waals surface area contributed by atoms with E-state index in [1.165, 1.54) is 5.56 Å². The molecule has 0 unspecified atom stereocenters. The molecule has 126 valence electrons. The van der Waals surface area contributed by atoms with Crippen LogP contribution in [-0.4, -0.2) is 30.5 Å². The molecular weight excluding hydrogens is 322 g/mol. The van der Waals surface area contributed by atoms with E-state index in [9.17, 15) is 4.79 Å². The third-order valence-electron chi connectivity index (χ3n) is 4.47. The van der Waals surface area contributed by atoms with Gasteiger partial charge in [-0.15, -0.1) is 0 Å². The average molecular weight is 344 g/mol. The minimum atomic E-state index is 0.0317. The van der Waals surface area contributed by atoms with Crippen LogP contribution in [0.5, 0.6) is 0 Å². The Labute approximate surface area is 148 Å². The second-order valence-corrected chi connectivity index (χ2v) is 6.62. The topological polar surface area (TPSA) is 29.5 Å². The second-order valence-electron chi connectivity index (χ2n) is 6.22. The van der Waals surface area contributed by atoms with Crippen molar-refractivity contribution in [3.8, 4) is 0 Å². The fourth-order valence-electron chi connectivity index (χ4n) is 3.03. The van der Waals surface area contributed by atoms with Crippen molar-refractivity contribution >= 4 is 17.5 Å². The molecule has 1 amide bonds. The lowest BCUT2D eigenvalue weighted by Crippen LogP contribution is -2.39. The van der Waals surface area contributed by atoms with E-state index in [1.807, 2.05) is 35.2 Å². The molecule has 0 bridgehead atoms. The highest BCUT2D eigenvalue weighted by molar-refractivity contribution is 6.33. The number of benzene rings is 2. The Morgan fingerprint density at radius 2 is 1.71 bits per heavy atom. The molecule has 1 aliphatic heterocycles. The highest BCUT2D eigenvalue weighted by Crippen LogP contribution is 2.22. The SMILES string of the molecule is O=C(c1ccccc1Cl)N1CCC(COCc2ccccc2)CC1. The Bertz CT molecular complexity index is 666. The fourth-order valence-corrected chi connectivity index (χ4v) is 3.24. The van der Waals surface area contributed by atoms with E-state index in [1.54, 1.807) is 12.1 Å². The molecule has 3 nitrogen and oxygen atoms in total. The van der Waals surface area contributed by atoms with Crippen LogP contribution in [-0.2, 0) is 11.3 Å². The predicted molar refractivity (Wildman–Crippen MR) is 96.2 cm³/mol. The van der Waals surface area contributed by atoms with Crippen molar-refractivity contribution in [3.05, 3.63) is 70.7 Å². The van der Waals surface area contributed by atoms with Crippen LogP contribution in [0.1, 0.15) is 28.8 Å². The fraction of sp³-hybridized carbons (Fsp3) is 0.350. The number of carbonyl (C=O) groups excluding carboxylic acids is 1. The van der Waals surface area contributed by atoms with Crippen molar-refractivity contribution in [1.29, 1.82) is 0 Å². The third kappa shape index (κ3) is 4.37. The molecule has 3 rings (SSSR count). The van der Waals surface area contributed by atoms with E-state index in [-0.39, 0.29) is 5.91 Å². The summed E-state index contributed by atoms with van der Waals surface area (Å²) in [7, 11) is 0. The standard InChI is InChI=1S/C20H22ClNO2/c21-19-9-5-4-8-18(19)20(23)22-12-10-17(11-13-22)15-24-14-16-6-2-1-3-7-16/h1-9,17H,10-15H2. The Balaban J connectivity index is 1.44. The summed E-state index contributed by atoms with van der Waals surface area (Å²) < 4.78 is 5.83. The molecule has 1 aliphatic rings. The van der Waals surface area contributed by atoms with Gasteiger partial charge in [0.2, 0.25) is 0 Å². The molecule has 2 aromatic rings. The normalized spacial score (nSPS) is 15.5. The van der Waals surface area contributed by atoms with Crippen molar-refractivity contribution in [1.82, 2.24) is 4.90 Å². The third-order valence-corrected chi connectivity index (χ3v) is 4.80. The zero-order valence-corrected chi connectivity index (χ0v) is 14.4. The summed E-state index contributed by atoms with van der Waals surface area (Å²) in [6.45, 7) is 2.94. The molecule has 0 radical (unpaired) electrons. The van der Waals surface area contributed by atoms with Crippen LogP contribution >= 0.6 is 11.6 Å². The van der Waals surface area contributed by atoms with Crippen LogP contribution < -0.4 is 0 Å². The molecule has 0 N–H and O–H groups in total. The van der Waals surface area contributed by atoms with E-state index >= 15 is 0 Å². The van der Waals surface area contributed by atoms with Crippen LogP contribution in [0.3, 0.4) is 0 Å². The number of amides is 1. The van der Waals surface area contributed by atoms with Crippen molar-refractivity contribution in [2.24, 2.45) is 5.92 Å². The maximum absolute atomic E-state index is 12.5. The monoisotopic (exact) mass is 343 g/mol. The van der Waals surface area contributed by atoms with E-state index in [0.29, 0.717) is 23.1 Å². The maximum Gasteiger partial charge on any atom is 0.255 e. The van der Waals surface area contributed by atoms with Gasteiger partial charge in [0.15, 0.2) is 0 Å². The molecular formula is C20H22ClNO2. The first kappa shape index (κ1) is 17.0. The number of carbonyl (C=O) groups is 1. The summed E-state index contributed by atoms with van der Waals surface area (Å²) in [4.78, 5) is 14.4. The number of likely N-dealkylation sites (tertiary alicyclic amines) is 1. The van der Waals surface area contributed by atoms with Crippen LogP contribution in [0.15, 0.2) is 54.6 Å². The van der Waals surface area contributed by atoms with E-state index in [0.717, 1.165) is 32.5 Å². The molecule has 24 heavy (non-hydrogen) atoms. The molecule has 0 atom stereocenters. The zero-order valence-electron chi connectivity index (χ0n) is 13.7. The van der Waals surface area contributed by atoms with Crippen molar-refractivity contribution < 1.29 is 9.53 Å². The predicted octanol–water partition coefficient (Wildman–Crippen LogP) is 4.41. The first-order chi connectivity index (χ1) is 11.7. The number of nitrogens with zero attached hydrogens (tertiary/aromatic N) is 1. The molecule has 4 heteroatoms. The minimum absolute atomic E-state index is 0.0317. The maximum atomic E-state index is 12.5.